The summed E-state index contributed by atoms with van der Waals surface area (Å²) in [4.78, 5) is 18.4. The van der Waals surface area contributed by atoms with Crippen LogP contribution in [0, 0.1) is 5.41 Å². The molecule has 1 aliphatic rings. The maximum absolute atomic E-state index is 12.5. The molecule has 1 aliphatic carbocycles. The van der Waals surface area contributed by atoms with Gasteiger partial charge in [-0.3, -0.25) is 9.79 Å². The topological polar surface area (TPSA) is 75.2 Å². The molecule has 1 amide bonds. The van der Waals surface area contributed by atoms with Gasteiger partial charge >= 0.3 is 0 Å². The van der Waals surface area contributed by atoms with Crippen LogP contribution in [0.4, 0.5) is 0 Å². The highest BCUT2D eigenvalue weighted by molar-refractivity contribution is 14.0. The van der Waals surface area contributed by atoms with Crippen molar-refractivity contribution < 1.29 is 14.3 Å². The molecule has 0 unspecified atom stereocenters. The van der Waals surface area contributed by atoms with Gasteiger partial charge in [-0.05, 0) is 12.8 Å². The van der Waals surface area contributed by atoms with Crippen LogP contribution in [0.2, 0.25) is 0 Å². The first-order valence-electron chi connectivity index (χ1n) is 8.29. The van der Waals surface area contributed by atoms with Gasteiger partial charge in [0.15, 0.2) is 5.96 Å². The second-order valence-electron chi connectivity index (χ2n) is 6.14. The van der Waals surface area contributed by atoms with Gasteiger partial charge in [-0.2, -0.15) is 0 Å². The van der Waals surface area contributed by atoms with E-state index in [1.54, 1.807) is 19.1 Å². The first-order chi connectivity index (χ1) is 11.1. The second-order valence-corrected chi connectivity index (χ2v) is 6.14. The quantitative estimate of drug-likeness (QED) is 0.235. The molecule has 2 N–H and O–H groups in total. The van der Waals surface area contributed by atoms with E-state index in [0.29, 0.717) is 38.9 Å². The average molecular weight is 456 g/mol. The Bertz CT molecular complexity index is 386. The number of rotatable bonds is 9. The molecule has 0 aromatic rings. The second kappa shape index (κ2) is 12.7. The molecule has 7 nitrogen and oxygen atoms in total. The number of carbonyl (C=O) groups is 1. The fourth-order valence-electron chi connectivity index (χ4n) is 2.95. The van der Waals surface area contributed by atoms with Gasteiger partial charge in [-0.15, -0.1) is 24.0 Å². The molecule has 0 aromatic heterocycles. The van der Waals surface area contributed by atoms with E-state index in [0.717, 1.165) is 25.7 Å². The van der Waals surface area contributed by atoms with Crippen LogP contribution in [0.3, 0.4) is 0 Å². The third-order valence-electron chi connectivity index (χ3n) is 4.21. The summed E-state index contributed by atoms with van der Waals surface area (Å²) in [7, 11) is 7.04. The van der Waals surface area contributed by atoms with Gasteiger partial charge in [-0.25, -0.2) is 0 Å². The zero-order chi connectivity index (χ0) is 17.1. The minimum atomic E-state index is -0.296. The summed E-state index contributed by atoms with van der Waals surface area (Å²) < 4.78 is 10.3. The fourth-order valence-corrected chi connectivity index (χ4v) is 2.95. The van der Waals surface area contributed by atoms with Crippen LogP contribution in [0.15, 0.2) is 4.99 Å². The maximum Gasteiger partial charge on any atom is 0.230 e. The number of hydrogen-bond donors (Lipinski definition) is 2. The van der Waals surface area contributed by atoms with Crippen LogP contribution < -0.4 is 10.6 Å². The van der Waals surface area contributed by atoms with Gasteiger partial charge in [0.05, 0.1) is 25.2 Å². The molecule has 8 heteroatoms. The summed E-state index contributed by atoms with van der Waals surface area (Å²) in [5.74, 6) is 0.916. The monoisotopic (exact) mass is 456 g/mol. The molecular formula is C16H33IN4O3. The Balaban J connectivity index is 0.00000529. The maximum atomic E-state index is 12.5. The van der Waals surface area contributed by atoms with E-state index in [1.165, 1.54) is 0 Å². The largest absolute Gasteiger partial charge is 0.382 e. The predicted molar refractivity (Wildman–Crippen MR) is 107 cm³/mol. The lowest BCUT2D eigenvalue weighted by molar-refractivity contribution is -0.138. The Hall–Kier alpha value is -0.610. The molecule has 1 rings (SSSR count). The Morgan fingerprint density at radius 3 is 2.38 bits per heavy atom. The highest BCUT2D eigenvalue weighted by atomic mass is 127. The van der Waals surface area contributed by atoms with Crippen LogP contribution in [0.1, 0.15) is 25.7 Å². The van der Waals surface area contributed by atoms with Gasteiger partial charge in [0, 0.05) is 41.3 Å². The highest BCUT2D eigenvalue weighted by Crippen LogP contribution is 2.38. The number of halogens is 1. The first-order valence-corrected chi connectivity index (χ1v) is 8.29. The van der Waals surface area contributed by atoms with Gasteiger partial charge in [-0.1, -0.05) is 12.8 Å². The van der Waals surface area contributed by atoms with Crippen molar-refractivity contribution in [1.29, 1.82) is 0 Å². The Labute approximate surface area is 162 Å². The normalized spacial score (nSPS) is 16.4. The molecular weight excluding hydrogens is 423 g/mol. The number of methoxy groups -OCH3 is 1. The lowest BCUT2D eigenvalue weighted by Crippen LogP contribution is -2.49. The number of guanidine groups is 1. The third-order valence-corrected chi connectivity index (χ3v) is 4.21. The molecule has 0 bridgehead atoms. The SMILES string of the molecule is CN=C(NCCOCCOC)NCC1(C(=O)N(C)C)CCCC1.I. The van der Waals surface area contributed by atoms with Gasteiger partial charge < -0.3 is 25.0 Å². The van der Waals surface area contributed by atoms with Crippen LogP contribution in [-0.2, 0) is 14.3 Å². The summed E-state index contributed by atoms with van der Waals surface area (Å²) in [5.41, 5.74) is -0.296. The predicted octanol–water partition coefficient (Wildman–Crippen LogP) is 1.08. The van der Waals surface area contributed by atoms with E-state index in [-0.39, 0.29) is 35.3 Å². The Kier molecular flexibility index (Phi) is 12.4. The fraction of sp³-hybridized carbons (Fsp3) is 0.875. The van der Waals surface area contributed by atoms with Crippen molar-refractivity contribution in [1.82, 2.24) is 15.5 Å². The van der Waals surface area contributed by atoms with Crippen LogP contribution >= 0.6 is 24.0 Å². The van der Waals surface area contributed by atoms with E-state index in [2.05, 4.69) is 15.6 Å². The van der Waals surface area contributed by atoms with E-state index in [9.17, 15) is 4.79 Å². The summed E-state index contributed by atoms with van der Waals surface area (Å²) >= 11 is 0. The zero-order valence-electron chi connectivity index (χ0n) is 15.4. The lowest BCUT2D eigenvalue weighted by Gasteiger charge is -2.31. The molecule has 0 radical (unpaired) electrons. The number of hydrogen-bond acceptors (Lipinski definition) is 4. The molecule has 0 aliphatic heterocycles. The molecule has 0 heterocycles. The molecule has 142 valence electrons. The van der Waals surface area contributed by atoms with Crippen LogP contribution in [-0.4, -0.2) is 77.9 Å². The Morgan fingerprint density at radius 2 is 1.83 bits per heavy atom. The number of ether oxygens (including phenoxy) is 2. The number of carbonyl (C=O) groups excluding carboxylic acids is 1. The molecule has 24 heavy (non-hydrogen) atoms. The van der Waals surface area contributed by atoms with Crippen LogP contribution in [0.25, 0.3) is 0 Å². The molecule has 0 saturated heterocycles. The molecule has 0 spiro atoms. The summed E-state index contributed by atoms with van der Waals surface area (Å²) in [6, 6.07) is 0. The molecule has 1 fully saturated rings. The minimum absolute atomic E-state index is 0. The standard InChI is InChI=1S/C16H32N4O3.HI/c1-17-15(18-9-10-23-12-11-22-4)19-13-16(7-5-6-8-16)14(21)20(2)3;/h5-13H2,1-4H3,(H2,17,18,19);1H. The number of nitrogens with zero attached hydrogens (tertiary/aromatic N) is 2. The van der Waals surface area contributed by atoms with Crippen molar-refractivity contribution in [3.8, 4) is 0 Å². The van der Waals surface area contributed by atoms with Crippen molar-refractivity contribution in [3.05, 3.63) is 0 Å². The van der Waals surface area contributed by atoms with Crippen molar-refractivity contribution in [3.63, 3.8) is 0 Å². The first kappa shape index (κ1) is 23.4. The third kappa shape index (κ3) is 7.52. The smallest absolute Gasteiger partial charge is 0.230 e. The van der Waals surface area contributed by atoms with Crippen LogP contribution in [0.5, 0.6) is 0 Å². The van der Waals surface area contributed by atoms with E-state index >= 15 is 0 Å². The van der Waals surface area contributed by atoms with Gasteiger partial charge in [0.25, 0.3) is 0 Å². The molecule has 1 saturated carbocycles. The van der Waals surface area contributed by atoms with E-state index in [1.807, 2.05) is 14.1 Å². The average Bonchev–Trinajstić information content (AvgIpc) is 3.02. The Morgan fingerprint density at radius 1 is 1.17 bits per heavy atom. The lowest BCUT2D eigenvalue weighted by atomic mass is 9.84. The number of aliphatic imine (C=N–C) groups is 1. The van der Waals surface area contributed by atoms with E-state index < -0.39 is 0 Å². The zero-order valence-corrected chi connectivity index (χ0v) is 17.7. The van der Waals surface area contributed by atoms with Gasteiger partial charge in [0.1, 0.15) is 0 Å². The highest BCUT2D eigenvalue weighted by Gasteiger charge is 2.42. The van der Waals surface area contributed by atoms with E-state index in [4.69, 9.17) is 9.47 Å². The number of nitrogens with one attached hydrogen (secondary N) is 2. The summed E-state index contributed by atoms with van der Waals surface area (Å²) in [6.07, 6.45) is 4.10. The summed E-state index contributed by atoms with van der Waals surface area (Å²) in [6.45, 7) is 3.06. The number of amides is 1. The molecule has 0 aromatic carbocycles. The van der Waals surface area contributed by atoms with Crippen molar-refractivity contribution in [2.75, 3.05) is 61.2 Å². The van der Waals surface area contributed by atoms with Crippen molar-refractivity contribution in [2.24, 2.45) is 10.4 Å². The minimum Gasteiger partial charge on any atom is -0.382 e. The van der Waals surface area contributed by atoms with Crippen molar-refractivity contribution >= 4 is 35.8 Å². The van der Waals surface area contributed by atoms with Crippen molar-refractivity contribution in [2.45, 2.75) is 25.7 Å². The molecule has 0 atom stereocenters. The van der Waals surface area contributed by atoms with Gasteiger partial charge in [0.2, 0.25) is 5.91 Å². The summed E-state index contributed by atoms with van der Waals surface area (Å²) in [5, 5.41) is 6.51.